The molecular formula is C12H12N2O. The third-order valence-electron chi connectivity index (χ3n) is 2.25. The summed E-state index contributed by atoms with van der Waals surface area (Å²) >= 11 is 0. The fourth-order valence-corrected chi connectivity index (χ4v) is 1.57. The smallest absolute Gasteiger partial charge is 0.129 e. The van der Waals surface area contributed by atoms with Gasteiger partial charge < -0.3 is 9.72 Å². The number of nitriles is 1. The number of benzene rings is 1. The molecule has 3 heteroatoms. The van der Waals surface area contributed by atoms with E-state index in [-0.39, 0.29) is 0 Å². The van der Waals surface area contributed by atoms with Gasteiger partial charge in [-0.15, -0.1) is 0 Å². The van der Waals surface area contributed by atoms with Gasteiger partial charge in [0.05, 0.1) is 23.1 Å². The molecule has 0 spiro atoms. The van der Waals surface area contributed by atoms with Crippen LogP contribution in [0.4, 0.5) is 0 Å². The Morgan fingerprint density at radius 3 is 3.07 bits per heavy atom. The predicted octanol–water partition coefficient (Wildman–Crippen LogP) is 2.83. The van der Waals surface area contributed by atoms with E-state index in [1.54, 1.807) is 6.20 Å². The zero-order chi connectivity index (χ0) is 10.7. The Hall–Kier alpha value is -1.95. The number of fused-ring (bicyclic) bond motifs is 1. The summed E-state index contributed by atoms with van der Waals surface area (Å²) in [7, 11) is 0. The van der Waals surface area contributed by atoms with Gasteiger partial charge in [0.1, 0.15) is 11.8 Å². The molecular weight excluding hydrogens is 188 g/mol. The molecule has 1 aromatic heterocycles. The topological polar surface area (TPSA) is 48.8 Å². The lowest BCUT2D eigenvalue weighted by molar-refractivity contribution is 0.321. The van der Waals surface area contributed by atoms with E-state index in [2.05, 4.69) is 18.0 Å². The number of hydrogen-bond donors (Lipinski definition) is 1. The molecule has 0 atom stereocenters. The maximum Gasteiger partial charge on any atom is 0.129 e. The van der Waals surface area contributed by atoms with Crippen molar-refractivity contribution in [1.82, 2.24) is 4.98 Å². The molecule has 0 unspecified atom stereocenters. The molecule has 76 valence electrons. The van der Waals surface area contributed by atoms with Gasteiger partial charge in [0.15, 0.2) is 0 Å². The quantitative estimate of drug-likeness (QED) is 0.828. The molecule has 0 aliphatic heterocycles. The van der Waals surface area contributed by atoms with Crippen LogP contribution in [0.5, 0.6) is 5.75 Å². The zero-order valence-electron chi connectivity index (χ0n) is 8.58. The Kier molecular flexibility index (Phi) is 2.59. The fourth-order valence-electron chi connectivity index (χ4n) is 1.57. The minimum Gasteiger partial charge on any atom is -0.493 e. The van der Waals surface area contributed by atoms with Crippen molar-refractivity contribution in [2.75, 3.05) is 6.61 Å². The molecule has 1 heterocycles. The van der Waals surface area contributed by atoms with E-state index in [1.807, 2.05) is 18.2 Å². The van der Waals surface area contributed by atoms with E-state index in [9.17, 15) is 0 Å². The standard InChI is InChI=1S/C12H12N2O/c1-2-6-15-11-5-3-4-10-12(11)9(7-13)8-14-10/h3-5,8,14H,2,6H2,1H3. The van der Waals surface area contributed by atoms with E-state index in [4.69, 9.17) is 10.00 Å². The Morgan fingerprint density at radius 1 is 1.47 bits per heavy atom. The van der Waals surface area contributed by atoms with Gasteiger partial charge in [-0.1, -0.05) is 13.0 Å². The number of aromatic nitrogens is 1. The third kappa shape index (κ3) is 1.66. The summed E-state index contributed by atoms with van der Waals surface area (Å²) < 4.78 is 5.60. The molecule has 0 radical (unpaired) electrons. The number of nitrogens with zero attached hydrogens (tertiary/aromatic N) is 1. The van der Waals surface area contributed by atoms with E-state index in [1.165, 1.54) is 0 Å². The monoisotopic (exact) mass is 200 g/mol. The number of nitrogens with one attached hydrogen (secondary N) is 1. The normalized spacial score (nSPS) is 10.1. The fraction of sp³-hybridized carbons (Fsp3) is 0.250. The van der Waals surface area contributed by atoms with E-state index < -0.39 is 0 Å². The molecule has 0 bridgehead atoms. The van der Waals surface area contributed by atoms with Gasteiger partial charge in [-0.2, -0.15) is 5.26 Å². The zero-order valence-corrected chi connectivity index (χ0v) is 8.58. The largest absolute Gasteiger partial charge is 0.493 e. The van der Waals surface area contributed by atoms with Crippen LogP contribution in [0.15, 0.2) is 24.4 Å². The summed E-state index contributed by atoms with van der Waals surface area (Å²) in [6.45, 7) is 2.73. The lowest BCUT2D eigenvalue weighted by Gasteiger charge is -2.05. The van der Waals surface area contributed by atoms with Crippen LogP contribution < -0.4 is 4.74 Å². The first kappa shape index (κ1) is 9.60. The second kappa shape index (κ2) is 4.05. The minimum absolute atomic E-state index is 0.636. The van der Waals surface area contributed by atoms with Crippen molar-refractivity contribution in [3.8, 4) is 11.8 Å². The summed E-state index contributed by atoms with van der Waals surface area (Å²) in [4.78, 5) is 3.05. The van der Waals surface area contributed by atoms with Gasteiger partial charge in [-0.3, -0.25) is 0 Å². The number of H-pyrrole nitrogens is 1. The second-order valence-corrected chi connectivity index (χ2v) is 3.34. The van der Waals surface area contributed by atoms with E-state index >= 15 is 0 Å². The van der Waals surface area contributed by atoms with Gasteiger partial charge in [-0.25, -0.2) is 0 Å². The van der Waals surface area contributed by atoms with Crippen LogP contribution in [-0.2, 0) is 0 Å². The van der Waals surface area contributed by atoms with Gasteiger partial charge >= 0.3 is 0 Å². The van der Waals surface area contributed by atoms with E-state index in [0.29, 0.717) is 12.2 Å². The molecule has 0 fully saturated rings. The molecule has 1 N–H and O–H groups in total. The van der Waals surface area contributed by atoms with Crippen LogP contribution in [0.2, 0.25) is 0 Å². The molecule has 15 heavy (non-hydrogen) atoms. The molecule has 3 nitrogen and oxygen atoms in total. The lowest BCUT2D eigenvalue weighted by atomic mass is 10.2. The lowest BCUT2D eigenvalue weighted by Crippen LogP contribution is -1.95. The Bertz CT molecular complexity index is 508. The Labute approximate surface area is 88.3 Å². The van der Waals surface area contributed by atoms with Crippen molar-refractivity contribution in [2.24, 2.45) is 0 Å². The van der Waals surface area contributed by atoms with Crippen LogP contribution in [0.25, 0.3) is 10.9 Å². The molecule has 0 saturated heterocycles. The summed E-state index contributed by atoms with van der Waals surface area (Å²) in [5.41, 5.74) is 1.58. The van der Waals surface area contributed by atoms with Gasteiger partial charge in [0.25, 0.3) is 0 Å². The van der Waals surface area contributed by atoms with Gasteiger partial charge in [0.2, 0.25) is 0 Å². The average molecular weight is 200 g/mol. The third-order valence-corrected chi connectivity index (χ3v) is 2.25. The van der Waals surface area contributed by atoms with Crippen molar-refractivity contribution in [2.45, 2.75) is 13.3 Å². The molecule has 0 amide bonds. The highest BCUT2D eigenvalue weighted by atomic mass is 16.5. The first-order chi connectivity index (χ1) is 7.36. The second-order valence-electron chi connectivity index (χ2n) is 3.34. The first-order valence-electron chi connectivity index (χ1n) is 4.99. The summed E-state index contributed by atoms with van der Waals surface area (Å²) in [6.07, 6.45) is 2.67. The summed E-state index contributed by atoms with van der Waals surface area (Å²) in [5, 5.41) is 9.83. The maximum absolute atomic E-state index is 8.95. The van der Waals surface area contributed by atoms with Gasteiger partial charge in [-0.05, 0) is 18.6 Å². The average Bonchev–Trinajstić information content (AvgIpc) is 2.69. The Morgan fingerprint density at radius 2 is 2.33 bits per heavy atom. The minimum atomic E-state index is 0.636. The van der Waals surface area contributed by atoms with Crippen LogP contribution >= 0.6 is 0 Å². The molecule has 1 aromatic carbocycles. The number of ether oxygens (including phenoxy) is 1. The Balaban J connectivity index is 2.53. The highest BCUT2D eigenvalue weighted by Gasteiger charge is 2.08. The van der Waals surface area contributed by atoms with Crippen LogP contribution in [0.3, 0.4) is 0 Å². The van der Waals surface area contributed by atoms with Gasteiger partial charge in [0, 0.05) is 6.20 Å². The highest BCUT2D eigenvalue weighted by molar-refractivity contribution is 5.91. The highest BCUT2D eigenvalue weighted by Crippen LogP contribution is 2.28. The molecule has 2 aromatic rings. The van der Waals surface area contributed by atoms with Crippen molar-refractivity contribution in [1.29, 1.82) is 5.26 Å². The summed E-state index contributed by atoms with van der Waals surface area (Å²) in [6, 6.07) is 7.91. The molecule has 0 aliphatic rings. The van der Waals surface area contributed by atoms with Crippen molar-refractivity contribution in [3.05, 3.63) is 30.0 Å². The van der Waals surface area contributed by atoms with Crippen LogP contribution in [-0.4, -0.2) is 11.6 Å². The van der Waals surface area contributed by atoms with Crippen molar-refractivity contribution >= 4 is 10.9 Å². The summed E-state index contributed by atoms with van der Waals surface area (Å²) in [5.74, 6) is 0.784. The van der Waals surface area contributed by atoms with Crippen LogP contribution in [0.1, 0.15) is 18.9 Å². The number of rotatable bonds is 3. The number of hydrogen-bond acceptors (Lipinski definition) is 2. The van der Waals surface area contributed by atoms with E-state index in [0.717, 1.165) is 23.1 Å². The molecule has 0 saturated carbocycles. The maximum atomic E-state index is 8.95. The molecule has 0 aliphatic carbocycles. The van der Waals surface area contributed by atoms with Crippen molar-refractivity contribution < 1.29 is 4.74 Å². The van der Waals surface area contributed by atoms with Crippen molar-refractivity contribution in [3.63, 3.8) is 0 Å². The number of aromatic amines is 1. The first-order valence-corrected chi connectivity index (χ1v) is 4.99. The SMILES string of the molecule is CCCOc1cccc2[nH]cc(C#N)c12. The predicted molar refractivity (Wildman–Crippen MR) is 58.8 cm³/mol. The van der Waals surface area contributed by atoms with Crippen LogP contribution in [0, 0.1) is 11.3 Å². The molecule has 2 rings (SSSR count).